The van der Waals surface area contributed by atoms with Crippen molar-refractivity contribution in [3.05, 3.63) is 162 Å². The van der Waals surface area contributed by atoms with Gasteiger partial charge >= 0.3 is 0 Å². The minimum atomic E-state index is -0.265. The molecule has 0 N–H and O–H groups in total. The zero-order chi connectivity index (χ0) is 32.5. The Balaban J connectivity index is 0.00000134. The van der Waals surface area contributed by atoms with E-state index in [1.54, 1.807) is 0 Å². The summed E-state index contributed by atoms with van der Waals surface area (Å²) >= 11 is 2.60. The summed E-state index contributed by atoms with van der Waals surface area (Å²) in [5, 5.41) is 0. The van der Waals surface area contributed by atoms with E-state index in [0.29, 0.717) is 27.9 Å². The highest BCUT2D eigenvalue weighted by molar-refractivity contribution is 15.0. The quantitative estimate of drug-likeness (QED) is 0.0889. The standard InChI is InChI=1S/C39H32N2O2.CH2I2/c1-28(2)40-38(42)36(31-22-20-30(21-23-31)19-18-29-12-6-3-7-13-29)37(39(40)43)32-24-26-35(27-25-32)41(33-14-8-4-9-15-33)34-16-10-5-11-17-34;1-3-2/h3-28H,1-2H3;1H2/b19-18+;. The van der Waals surface area contributed by atoms with Gasteiger partial charge in [-0.25, -0.2) is 0 Å². The number of hydrogen-bond acceptors (Lipinski definition) is 3. The van der Waals surface area contributed by atoms with E-state index in [2.05, 4.69) is 70.5 Å². The number of anilines is 3. The Morgan fingerprint density at radius 3 is 1.35 bits per heavy atom. The van der Waals surface area contributed by atoms with Crippen molar-refractivity contribution in [2.45, 2.75) is 19.9 Å². The van der Waals surface area contributed by atoms with Crippen molar-refractivity contribution in [1.29, 1.82) is 0 Å². The van der Waals surface area contributed by atoms with Gasteiger partial charge in [0.1, 0.15) is 0 Å². The topological polar surface area (TPSA) is 40.6 Å². The summed E-state index contributed by atoms with van der Waals surface area (Å²) in [6, 6.07) is 45.9. The van der Waals surface area contributed by atoms with Gasteiger partial charge in [0.25, 0.3) is 11.8 Å². The highest BCUT2D eigenvalue weighted by atomic mass is 128. The number of carbonyl (C=O) groups excluding carboxylic acids is 2. The summed E-state index contributed by atoms with van der Waals surface area (Å²) < 4.78 is 3.58. The molecule has 0 atom stereocenters. The van der Waals surface area contributed by atoms with Crippen LogP contribution in [0.4, 0.5) is 17.1 Å². The van der Waals surface area contributed by atoms with Gasteiger partial charge in [0, 0.05) is 23.1 Å². The van der Waals surface area contributed by atoms with Crippen LogP contribution in [0.3, 0.4) is 0 Å². The predicted molar refractivity (Wildman–Crippen MR) is 212 cm³/mol. The van der Waals surface area contributed by atoms with E-state index in [1.807, 2.05) is 123 Å². The number of hydrogen-bond donors (Lipinski definition) is 0. The number of nitrogens with zero attached hydrogens (tertiary/aromatic N) is 2. The van der Waals surface area contributed by atoms with Crippen molar-refractivity contribution in [3.63, 3.8) is 0 Å². The number of halogens is 2. The van der Waals surface area contributed by atoms with Crippen LogP contribution in [0.2, 0.25) is 0 Å². The van der Waals surface area contributed by atoms with E-state index in [1.165, 1.54) is 4.90 Å². The van der Waals surface area contributed by atoms with Gasteiger partial charge < -0.3 is 4.90 Å². The van der Waals surface area contributed by atoms with Crippen molar-refractivity contribution in [3.8, 4) is 0 Å². The average Bonchev–Trinajstić information content (AvgIpc) is 3.36. The molecule has 0 bridgehead atoms. The first-order chi connectivity index (χ1) is 22.4. The van der Waals surface area contributed by atoms with Crippen molar-refractivity contribution < 1.29 is 9.59 Å². The maximum Gasteiger partial charge on any atom is 0.262 e. The van der Waals surface area contributed by atoms with Crippen LogP contribution in [0, 0.1) is 0 Å². The number of benzene rings is 5. The molecule has 0 unspecified atom stereocenters. The number of imide groups is 1. The molecule has 0 saturated carbocycles. The van der Waals surface area contributed by atoms with Crippen molar-refractivity contribution >= 4 is 92.1 Å². The lowest BCUT2D eigenvalue weighted by molar-refractivity contribution is -0.137. The molecule has 5 aromatic carbocycles. The first-order valence-electron chi connectivity index (χ1n) is 14.9. The summed E-state index contributed by atoms with van der Waals surface area (Å²) in [7, 11) is 0. The van der Waals surface area contributed by atoms with Gasteiger partial charge in [0.2, 0.25) is 0 Å². The van der Waals surface area contributed by atoms with Gasteiger partial charge in [-0.15, -0.1) is 0 Å². The van der Waals surface area contributed by atoms with Gasteiger partial charge in [-0.2, -0.15) is 0 Å². The van der Waals surface area contributed by atoms with Crippen LogP contribution in [0.15, 0.2) is 140 Å². The fourth-order valence-corrected chi connectivity index (χ4v) is 5.45. The lowest BCUT2D eigenvalue weighted by Gasteiger charge is -2.25. The van der Waals surface area contributed by atoms with Crippen LogP contribution in [0.5, 0.6) is 0 Å². The normalized spacial score (nSPS) is 12.9. The third-order valence-corrected chi connectivity index (χ3v) is 7.54. The van der Waals surface area contributed by atoms with Gasteiger partial charge in [0.05, 0.1) is 11.1 Å². The summed E-state index contributed by atoms with van der Waals surface area (Å²) in [5.41, 5.74) is 7.46. The molecular weight excluding hydrogens is 794 g/mol. The molecule has 0 aliphatic carbocycles. The monoisotopic (exact) mass is 828 g/mol. The first-order valence-corrected chi connectivity index (χ1v) is 22.7. The molecule has 1 heterocycles. The molecule has 0 fully saturated rings. The van der Waals surface area contributed by atoms with E-state index in [0.717, 1.165) is 39.3 Å². The van der Waals surface area contributed by atoms with Crippen LogP contribution >= 0.6 is 35.4 Å². The molecule has 4 nitrogen and oxygen atoms in total. The molecule has 1 aliphatic heterocycles. The number of amides is 2. The Morgan fingerprint density at radius 2 is 0.935 bits per heavy atom. The molecule has 0 saturated heterocycles. The van der Waals surface area contributed by atoms with E-state index in [-0.39, 0.29) is 17.9 Å². The summed E-state index contributed by atoms with van der Waals surface area (Å²) in [4.78, 5) is 31.0. The van der Waals surface area contributed by atoms with E-state index >= 15 is 0 Å². The second-order valence-electron chi connectivity index (χ2n) is 10.8. The average molecular weight is 829 g/mol. The van der Waals surface area contributed by atoms with Crippen molar-refractivity contribution in [1.82, 2.24) is 4.90 Å². The Kier molecular flexibility index (Phi) is 11.5. The maximum atomic E-state index is 13.8. The van der Waals surface area contributed by atoms with Crippen molar-refractivity contribution in [2.75, 3.05) is 4.90 Å². The zero-order valence-corrected chi connectivity index (χ0v) is 30.0. The van der Waals surface area contributed by atoms with Gasteiger partial charge in [0.15, 0.2) is 0 Å². The van der Waals surface area contributed by atoms with E-state index in [4.69, 9.17) is 0 Å². The molecule has 5 aromatic rings. The summed E-state index contributed by atoms with van der Waals surface area (Å²) in [6.45, 7) is 3.74. The molecule has 0 radical (unpaired) electrons. The predicted octanol–water partition coefficient (Wildman–Crippen LogP) is 10.8. The second kappa shape index (κ2) is 15.9. The Morgan fingerprint density at radius 1 is 0.587 bits per heavy atom. The second-order valence-corrected chi connectivity index (χ2v) is 15.3. The third kappa shape index (κ3) is 7.62. The first kappa shape index (κ1) is 33.2. The molecule has 0 spiro atoms. The van der Waals surface area contributed by atoms with Gasteiger partial charge in [-0.1, -0.05) is 137 Å². The van der Waals surface area contributed by atoms with Crippen LogP contribution in [0.1, 0.15) is 36.1 Å². The fraction of sp³-hybridized carbons (Fsp3) is 0.0750. The maximum absolute atomic E-state index is 13.8. The van der Waals surface area contributed by atoms with E-state index < -0.39 is 0 Å². The minimum Gasteiger partial charge on any atom is -0.311 e. The van der Waals surface area contributed by atoms with Crippen LogP contribution in [-0.2, 0) is 9.59 Å². The molecule has 0 aromatic heterocycles. The summed E-state index contributed by atoms with van der Waals surface area (Å²) in [5.74, 6) is -0.527. The number of rotatable bonds is 8. The molecule has 6 rings (SSSR count). The summed E-state index contributed by atoms with van der Waals surface area (Å²) in [6.07, 6.45) is 4.10. The van der Waals surface area contributed by atoms with Crippen LogP contribution in [0.25, 0.3) is 23.3 Å². The Bertz CT molecular complexity index is 1810. The third-order valence-electron chi connectivity index (χ3n) is 7.54. The van der Waals surface area contributed by atoms with Crippen LogP contribution in [-0.4, -0.2) is 27.3 Å². The van der Waals surface area contributed by atoms with Gasteiger partial charge in [-0.05, 0) is 91.1 Å². The lowest BCUT2D eigenvalue weighted by Crippen LogP contribution is -2.37. The Hall–Kier alpha value is -4.15. The smallest absolute Gasteiger partial charge is 0.262 e. The molecule has 6 heteroatoms. The highest BCUT2D eigenvalue weighted by Crippen LogP contribution is 2.39. The largest absolute Gasteiger partial charge is 0.311 e. The number of para-hydroxylation sites is 2. The SMILES string of the molecule is C=II.CC(C)N1C(=O)C(c2ccc(/C=C/c3ccccc3)cc2)=C(c2ccc(N(c3ccccc3)c3ccccc3)cc2)C1=O. The fourth-order valence-electron chi connectivity index (χ4n) is 5.45. The highest BCUT2D eigenvalue weighted by Gasteiger charge is 2.40. The minimum absolute atomic E-state index is 0.258. The van der Waals surface area contributed by atoms with Crippen LogP contribution < -0.4 is 4.90 Å². The zero-order valence-electron chi connectivity index (χ0n) is 25.7. The number of carbonyl (C=O) groups is 2. The molecule has 46 heavy (non-hydrogen) atoms. The Labute approximate surface area is 291 Å². The molecular formula is C40H34I2N2O2. The van der Waals surface area contributed by atoms with Crippen molar-refractivity contribution in [2.24, 2.45) is 0 Å². The van der Waals surface area contributed by atoms with Gasteiger partial charge in [-0.3, -0.25) is 14.5 Å². The molecule has 230 valence electrons. The van der Waals surface area contributed by atoms with E-state index in [9.17, 15) is 9.59 Å². The molecule has 1 aliphatic rings. The lowest BCUT2D eigenvalue weighted by atomic mass is 9.95. The molecule has 2 amide bonds.